The molecule has 16 heavy (non-hydrogen) atoms. The van der Waals surface area contributed by atoms with E-state index in [0.717, 1.165) is 4.57 Å². The van der Waals surface area contributed by atoms with Crippen molar-refractivity contribution in [1.82, 2.24) is 9.55 Å². The predicted molar refractivity (Wildman–Crippen MR) is 50.4 cm³/mol. The molecule has 6 nitrogen and oxygen atoms in total. The third-order valence-electron chi connectivity index (χ3n) is 2.49. The average molecular weight is 230 g/mol. The number of nitrogens with zero attached hydrogens (tertiary/aromatic N) is 2. The minimum atomic E-state index is -1.76. The van der Waals surface area contributed by atoms with Crippen LogP contribution < -0.4 is 5.69 Å². The Bertz CT molecular complexity index is 424. The van der Waals surface area contributed by atoms with Crippen LogP contribution in [0, 0.1) is 0 Å². The summed E-state index contributed by atoms with van der Waals surface area (Å²) in [5.74, 6) is 0. The summed E-state index contributed by atoms with van der Waals surface area (Å²) in [6, 6.07) is 1.45. The van der Waals surface area contributed by atoms with Crippen LogP contribution in [0.3, 0.4) is 0 Å². The SMILES string of the molecule is O=c1ncccn1C1OC(CO)C(O)C1F. The Kier molecular flexibility index (Phi) is 2.99. The van der Waals surface area contributed by atoms with E-state index in [-0.39, 0.29) is 0 Å². The van der Waals surface area contributed by atoms with Crippen LogP contribution in [0.1, 0.15) is 6.23 Å². The van der Waals surface area contributed by atoms with Crippen molar-refractivity contribution in [3.05, 3.63) is 28.9 Å². The van der Waals surface area contributed by atoms with E-state index in [1.807, 2.05) is 0 Å². The fraction of sp³-hybridized carbons (Fsp3) is 0.556. The molecule has 0 spiro atoms. The second-order valence-electron chi connectivity index (χ2n) is 3.49. The minimum absolute atomic E-state index is 0.507. The molecule has 4 atom stereocenters. The Morgan fingerprint density at radius 1 is 1.62 bits per heavy atom. The van der Waals surface area contributed by atoms with Gasteiger partial charge in [-0.05, 0) is 6.07 Å². The normalized spacial score (nSPS) is 34.2. The number of hydrogen-bond donors (Lipinski definition) is 2. The molecule has 0 bridgehead atoms. The zero-order valence-electron chi connectivity index (χ0n) is 8.23. The molecule has 0 aromatic carbocycles. The summed E-state index contributed by atoms with van der Waals surface area (Å²) in [4.78, 5) is 14.8. The van der Waals surface area contributed by atoms with Crippen LogP contribution in [-0.4, -0.2) is 44.8 Å². The summed E-state index contributed by atoms with van der Waals surface area (Å²) in [7, 11) is 0. The molecule has 0 amide bonds. The Balaban J connectivity index is 2.30. The standard InChI is InChI=1S/C9H11FN2O4/c10-6-7(14)5(4-13)16-8(6)12-3-1-2-11-9(12)15/h1-3,5-8,13-14H,4H2. The number of aliphatic hydroxyl groups excluding tert-OH is 2. The quantitative estimate of drug-likeness (QED) is 0.669. The van der Waals surface area contributed by atoms with Crippen LogP contribution >= 0.6 is 0 Å². The molecule has 1 aliphatic heterocycles. The van der Waals surface area contributed by atoms with Gasteiger partial charge in [-0.25, -0.2) is 14.2 Å². The van der Waals surface area contributed by atoms with E-state index in [2.05, 4.69) is 4.98 Å². The third-order valence-corrected chi connectivity index (χ3v) is 2.49. The largest absolute Gasteiger partial charge is 0.394 e. The van der Waals surface area contributed by atoms with Crippen LogP contribution in [0.25, 0.3) is 0 Å². The van der Waals surface area contributed by atoms with Crippen molar-refractivity contribution in [2.75, 3.05) is 6.61 Å². The van der Waals surface area contributed by atoms with E-state index in [4.69, 9.17) is 9.84 Å². The molecular weight excluding hydrogens is 219 g/mol. The highest BCUT2D eigenvalue weighted by molar-refractivity contribution is 4.92. The average Bonchev–Trinajstić information content (AvgIpc) is 2.57. The molecule has 1 saturated heterocycles. The van der Waals surface area contributed by atoms with Crippen LogP contribution in [0.2, 0.25) is 0 Å². The first-order chi connectivity index (χ1) is 7.65. The van der Waals surface area contributed by atoms with Gasteiger partial charge in [0.15, 0.2) is 12.4 Å². The molecule has 0 radical (unpaired) electrons. The molecule has 2 rings (SSSR count). The van der Waals surface area contributed by atoms with Crippen molar-refractivity contribution in [2.45, 2.75) is 24.6 Å². The van der Waals surface area contributed by atoms with Gasteiger partial charge in [0.2, 0.25) is 0 Å². The highest BCUT2D eigenvalue weighted by Gasteiger charge is 2.45. The Morgan fingerprint density at radius 3 is 2.94 bits per heavy atom. The molecule has 0 saturated carbocycles. The van der Waals surface area contributed by atoms with Gasteiger partial charge in [-0.3, -0.25) is 4.57 Å². The van der Waals surface area contributed by atoms with Crippen LogP contribution in [0.4, 0.5) is 4.39 Å². The van der Waals surface area contributed by atoms with Crippen molar-refractivity contribution in [3.8, 4) is 0 Å². The van der Waals surface area contributed by atoms with Gasteiger partial charge in [0.25, 0.3) is 0 Å². The lowest BCUT2D eigenvalue weighted by molar-refractivity contribution is -0.0491. The predicted octanol–water partition coefficient (Wildman–Crippen LogP) is -1.17. The maximum Gasteiger partial charge on any atom is 0.349 e. The summed E-state index contributed by atoms with van der Waals surface area (Å²) in [5.41, 5.74) is -0.666. The minimum Gasteiger partial charge on any atom is -0.394 e. The molecule has 1 aliphatic rings. The van der Waals surface area contributed by atoms with Gasteiger partial charge in [-0.2, -0.15) is 0 Å². The molecular formula is C9H11FN2O4. The zero-order valence-corrected chi connectivity index (χ0v) is 8.23. The number of alkyl halides is 1. The summed E-state index contributed by atoms with van der Waals surface area (Å²) < 4.78 is 19.6. The van der Waals surface area contributed by atoms with Crippen molar-refractivity contribution in [3.63, 3.8) is 0 Å². The van der Waals surface area contributed by atoms with Gasteiger partial charge in [0.05, 0.1) is 6.61 Å². The first-order valence-electron chi connectivity index (χ1n) is 4.76. The fourth-order valence-electron chi connectivity index (χ4n) is 1.64. The third kappa shape index (κ3) is 1.73. The second-order valence-corrected chi connectivity index (χ2v) is 3.49. The summed E-state index contributed by atoms with van der Waals surface area (Å²) >= 11 is 0. The van der Waals surface area contributed by atoms with Gasteiger partial charge >= 0.3 is 5.69 Å². The molecule has 1 aromatic rings. The number of hydrogen-bond acceptors (Lipinski definition) is 5. The number of ether oxygens (including phenoxy) is 1. The molecule has 1 aromatic heterocycles. The van der Waals surface area contributed by atoms with E-state index >= 15 is 0 Å². The van der Waals surface area contributed by atoms with E-state index in [1.165, 1.54) is 18.5 Å². The Hall–Kier alpha value is -1.31. The van der Waals surface area contributed by atoms with Gasteiger partial charge in [0, 0.05) is 12.4 Å². The van der Waals surface area contributed by atoms with Gasteiger partial charge in [-0.1, -0.05) is 0 Å². The molecule has 2 heterocycles. The summed E-state index contributed by atoms with van der Waals surface area (Å²) in [5, 5.41) is 18.2. The van der Waals surface area contributed by atoms with Crippen LogP contribution in [-0.2, 0) is 4.74 Å². The molecule has 88 valence electrons. The summed E-state index contributed by atoms with van der Waals surface area (Å²) in [6.07, 6.45) is -2.87. The van der Waals surface area contributed by atoms with Crippen molar-refractivity contribution in [1.29, 1.82) is 0 Å². The molecule has 1 fully saturated rings. The highest BCUT2D eigenvalue weighted by Crippen LogP contribution is 2.30. The first kappa shape index (κ1) is 11.2. The van der Waals surface area contributed by atoms with Crippen molar-refractivity contribution < 1.29 is 19.3 Å². The fourth-order valence-corrected chi connectivity index (χ4v) is 1.64. The second kappa shape index (κ2) is 4.28. The number of aromatic nitrogens is 2. The molecule has 2 N–H and O–H groups in total. The maximum atomic E-state index is 13.6. The lowest BCUT2D eigenvalue weighted by atomic mass is 10.1. The van der Waals surface area contributed by atoms with Crippen molar-refractivity contribution in [2.24, 2.45) is 0 Å². The van der Waals surface area contributed by atoms with E-state index < -0.39 is 36.9 Å². The lowest BCUT2D eigenvalue weighted by Gasteiger charge is -2.14. The van der Waals surface area contributed by atoms with Crippen LogP contribution in [0.15, 0.2) is 23.3 Å². The molecule has 0 aliphatic carbocycles. The highest BCUT2D eigenvalue weighted by atomic mass is 19.1. The van der Waals surface area contributed by atoms with E-state index in [0.29, 0.717) is 0 Å². The summed E-state index contributed by atoms with van der Waals surface area (Å²) in [6.45, 7) is -0.507. The van der Waals surface area contributed by atoms with E-state index in [9.17, 15) is 14.3 Å². The first-order valence-corrected chi connectivity index (χ1v) is 4.76. The lowest BCUT2D eigenvalue weighted by Crippen LogP contribution is -2.33. The molecule has 4 unspecified atom stereocenters. The van der Waals surface area contributed by atoms with Gasteiger partial charge in [0.1, 0.15) is 12.2 Å². The number of rotatable bonds is 2. The number of halogens is 1. The van der Waals surface area contributed by atoms with E-state index in [1.54, 1.807) is 0 Å². The van der Waals surface area contributed by atoms with Crippen LogP contribution in [0.5, 0.6) is 0 Å². The Labute approximate surface area is 89.9 Å². The molecule has 7 heteroatoms. The smallest absolute Gasteiger partial charge is 0.349 e. The Morgan fingerprint density at radius 2 is 2.38 bits per heavy atom. The monoisotopic (exact) mass is 230 g/mol. The topological polar surface area (TPSA) is 84.6 Å². The zero-order chi connectivity index (χ0) is 11.7. The van der Waals surface area contributed by atoms with Crippen molar-refractivity contribution >= 4 is 0 Å². The van der Waals surface area contributed by atoms with Gasteiger partial charge < -0.3 is 14.9 Å². The van der Waals surface area contributed by atoms with Gasteiger partial charge in [-0.15, -0.1) is 0 Å². The number of aliphatic hydroxyl groups is 2. The maximum absolute atomic E-state index is 13.6.